The summed E-state index contributed by atoms with van der Waals surface area (Å²) in [5, 5.41) is 0.711. The lowest BCUT2D eigenvalue weighted by atomic mass is 10.1. The summed E-state index contributed by atoms with van der Waals surface area (Å²) in [6.07, 6.45) is 3.79. The zero-order valence-corrected chi connectivity index (χ0v) is 19.3. The van der Waals surface area contributed by atoms with Crippen LogP contribution in [0.15, 0.2) is 90.0 Å². The first-order valence-electron chi connectivity index (χ1n) is 10.8. The summed E-state index contributed by atoms with van der Waals surface area (Å²) in [4.78, 5) is 27.2. The van der Waals surface area contributed by atoms with Gasteiger partial charge in [0.05, 0.1) is 24.2 Å². The number of para-hydroxylation sites is 4. The summed E-state index contributed by atoms with van der Waals surface area (Å²) in [5.74, 6) is 1.07. The van der Waals surface area contributed by atoms with Gasteiger partial charge in [-0.2, -0.15) is 0 Å². The van der Waals surface area contributed by atoms with Gasteiger partial charge >= 0.3 is 0 Å². The molecule has 0 spiro atoms. The first-order valence-corrected chi connectivity index (χ1v) is 11.6. The highest BCUT2D eigenvalue weighted by atomic mass is 32.2. The molecule has 5 rings (SSSR count). The molecule has 0 unspecified atom stereocenters. The van der Waals surface area contributed by atoms with Gasteiger partial charge in [-0.1, -0.05) is 48.5 Å². The van der Waals surface area contributed by atoms with Crippen LogP contribution in [0.1, 0.15) is 5.56 Å². The van der Waals surface area contributed by atoms with E-state index in [0.717, 1.165) is 28.2 Å². The van der Waals surface area contributed by atoms with Crippen LogP contribution < -0.4 is 14.4 Å². The minimum absolute atomic E-state index is 0.295. The van der Waals surface area contributed by atoms with E-state index in [1.54, 1.807) is 25.3 Å². The van der Waals surface area contributed by atoms with Gasteiger partial charge in [-0.15, -0.1) is 0 Å². The Kier molecular flexibility index (Phi) is 6.10. The van der Waals surface area contributed by atoms with Crippen LogP contribution in [0, 0.1) is 0 Å². The lowest BCUT2D eigenvalue weighted by Crippen LogP contribution is -2.27. The number of imide groups is 1. The number of carbonyl (C=O) groups excluding carboxylic acids is 2. The summed E-state index contributed by atoms with van der Waals surface area (Å²) in [7, 11) is 1.62. The molecule has 1 aliphatic heterocycles. The number of rotatable bonds is 7. The van der Waals surface area contributed by atoms with Gasteiger partial charge in [0, 0.05) is 22.7 Å². The van der Waals surface area contributed by atoms with E-state index in [9.17, 15) is 9.59 Å². The average Bonchev–Trinajstić information content (AvgIpc) is 3.36. The van der Waals surface area contributed by atoms with Crippen LogP contribution >= 0.6 is 11.8 Å². The van der Waals surface area contributed by atoms with Crippen molar-refractivity contribution in [2.45, 2.75) is 6.54 Å². The third kappa shape index (κ3) is 4.18. The Balaban J connectivity index is 1.40. The predicted molar refractivity (Wildman–Crippen MR) is 135 cm³/mol. The fraction of sp³-hybridized carbons (Fsp3) is 0.111. The minimum Gasteiger partial charge on any atom is -0.493 e. The molecule has 2 heterocycles. The molecule has 1 fully saturated rings. The third-order valence-corrected chi connectivity index (χ3v) is 6.44. The molecule has 0 radical (unpaired) electrons. The average molecular weight is 471 g/mol. The molecule has 4 aromatic rings. The first-order chi connectivity index (χ1) is 16.7. The molecule has 1 aromatic heterocycles. The molecule has 0 aliphatic carbocycles. The number of aromatic nitrogens is 1. The number of amides is 2. The third-order valence-electron chi connectivity index (χ3n) is 5.57. The summed E-state index contributed by atoms with van der Waals surface area (Å²) in [5.41, 5.74) is 2.48. The van der Waals surface area contributed by atoms with E-state index in [-0.39, 0.29) is 11.1 Å². The van der Waals surface area contributed by atoms with Crippen LogP contribution in [0.25, 0.3) is 17.0 Å². The van der Waals surface area contributed by atoms with Crippen LogP contribution in [0.5, 0.6) is 11.5 Å². The second-order valence-electron chi connectivity index (χ2n) is 7.65. The number of nitrogens with zero attached hydrogens (tertiary/aromatic N) is 2. The van der Waals surface area contributed by atoms with Crippen LogP contribution in [-0.2, 0) is 11.3 Å². The quantitative estimate of drug-likeness (QED) is 0.312. The monoisotopic (exact) mass is 470 g/mol. The Bertz CT molecular complexity index is 1390. The first kappa shape index (κ1) is 21.9. The summed E-state index contributed by atoms with van der Waals surface area (Å²) in [6, 6.07) is 24.5. The van der Waals surface area contributed by atoms with Gasteiger partial charge in [0.15, 0.2) is 11.5 Å². The van der Waals surface area contributed by atoms with Gasteiger partial charge < -0.3 is 14.0 Å². The molecule has 7 heteroatoms. The molecular formula is C27H22N2O4S. The molecule has 1 saturated heterocycles. The van der Waals surface area contributed by atoms with E-state index < -0.39 is 0 Å². The Morgan fingerprint density at radius 3 is 2.38 bits per heavy atom. The van der Waals surface area contributed by atoms with Gasteiger partial charge in [-0.3, -0.25) is 9.59 Å². The fourth-order valence-corrected chi connectivity index (χ4v) is 4.81. The number of benzene rings is 3. The van der Waals surface area contributed by atoms with Crippen molar-refractivity contribution in [3.63, 3.8) is 0 Å². The van der Waals surface area contributed by atoms with Crippen molar-refractivity contribution in [1.82, 2.24) is 4.57 Å². The zero-order chi connectivity index (χ0) is 23.5. The molecule has 170 valence electrons. The topological polar surface area (TPSA) is 60.8 Å². The lowest BCUT2D eigenvalue weighted by Gasteiger charge is -2.11. The fourth-order valence-electron chi connectivity index (χ4n) is 3.98. The number of anilines is 1. The Morgan fingerprint density at radius 2 is 1.59 bits per heavy atom. The molecule has 6 nitrogen and oxygen atoms in total. The van der Waals surface area contributed by atoms with E-state index in [1.807, 2.05) is 72.9 Å². The predicted octanol–water partition coefficient (Wildman–Crippen LogP) is 5.97. The van der Waals surface area contributed by atoms with Gasteiger partial charge in [0.1, 0.15) is 6.61 Å². The molecule has 34 heavy (non-hydrogen) atoms. The van der Waals surface area contributed by atoms with Crippen molar-refractivity contribution in [2.24, 2.45) is 0 Å². The molecule has 2 amide bonds. The van der Waals surface area contributed by atoms with Crippen LogP contribution in [0.3, 0.4) is 0 Å². The SMILES string of the molecule is COc1ccccc1OCCn1cc(/C=C2\SC(=O)N(c3ccccc3)C2=O)c2ccccc21. The van der Waals surface area contributed by atoms with E-state index in [4.69, 9.17) is 9.47 Å². The molecule has 0 bridgehead atoms. The molecule has 1 aliphatic rings. The standard InChI is InChI=1S/C27H22N2O4S/c1-32-23-13-7-8-14-24(23)33-16-15-28-18-19(21-11-5-6-12-22(21)28)17-25-26(30)29(27(31)34-25)20-9-3-2-4-10-20/h2-14,17-18H,15-16H2,1H3/b25-17-. The molecule has 3 aromatic carbocycles. The zero-order valence-electron chi connectivity index (χ0n) is 18.5. The summed E-state index contributed by atoms with van der Waals surface area (Å²) in [6.45, 7) is 1.06. The van der Waals surface area contributed by atoms with Crippen molar-refractivity contribution in [3.8, 4) is 11.5 Å². The normalized spacial score (nSPS) is 14.9. The van der Waals surface area contributed by atoms with Gasteiger partial charge in [0.25, 0.3) is 11.1 Å². The van der Waals surface area contributed by atoms with E-state index in [0.29, 0.717) is 35.2 Å². The van der Waals surface area contributed by atoms with E-state index in [2.05, 4.69) is 4.57 Å². The number of hydrogen-bond donors (Lipinski definition) is 0. The van der Waals surface area contributed by atoms with E-state index in [1.165, 1.54) is 4.90 Å². The summed E-state index contributed by atoms with van der Waals surface area (Å²) < 4.78 is 13.4. The highest BCUT2D eigenvalue weighted by Crippen LogP contribution is 2.37. The highest BCUT2D eigenvalue weighted by molar-refractivity contribution is 8.19. The lowest BCUT2D eigenvalue weighted by molar-refractivity contribution is -0.113. The Morgan fingerprint density at radius 1 is 0.882 bits per heavy atom. The number of hydrogen-bond acceptors (Lipinski definition) is 5. The van der Waals surface area contributed by atoms with Crippen LogP contribution in [0.2, 0.25) is 0 Å². The van der Waals surface area contributed by atoms with Crippen molar-refractivity contribution >= 4 is 45.6 Å². The number of fused-ring (bicyclic) bond motifs is 1. The second-order valence-corrected chi connectivity index (χ2v) is 8.64. The largest absolute Gasteiger partial charge is 0.493 e. The molecule has 0 saturated carbocycles. The van der Waals surface area contributed by atoms with Gasteiger partial charge in [-0.05, 0) is 48.2 Å². The minimum atomic E-state index is -0.308. The van der Waals surface area contributed by atoms with Crippen LogP contribution in [0.4, 0.5) is 10.5 Å². The Labute approximate surface area is 201 Å². The highest BCUT2D eigenvalue weighted by Gasteiger charge is 2.36. The maximum atomic E-state index is 13.0. The molecule has 0 N–H and O–H groups in total. The number of ether oxygens (including phenoxy) is 2. The number of thioether (sulfide) groups is 1. The smallest absolute Gasteiger partial charge is 0.298 e. The second kappa shape index (κ2) is 9.49. The Hall–Kier alpha value is -3.97. The van der Waals surface area contributed by atoms with Crippen molar-refractivity contribution in [1.29, 1.82) is 0 Å². The molecular weight excluding hydrogens is 448 g/mol. The van der Waals surface area contributed by atoms with Gasteiger partial charge in [0.2, 0.25) is 0 Å². The van der Waals surface area contributed by atoms with Crippen molar-refractivity contribution in [2.75, 3.05) is 18.6 Å². The summed E-state index contributed by atoms with van der Waals surface area (Å²) >= 11 is 0.959. The maximum absolute atomic E-state index is 13.0. The van der Waals surface area contributed by atoms with Gasteiger partial charge in [-0.25, -0.2) is 4.90 Å². The molecule has 0 atom stereocenters. The van der Waals surface area contributed by atoms with E-state index >= 15 is 0 Å². The number of methoxy groups -OCH3 is 1. The van der Waals surface area contributed by atoms with Crippen LogP contribution in [-0.4, -0.2) is 29.4 Å². The number of carbonyl (C=O) groups is 2. The van der Waals surface area contributed by atoms with Crippen molar-refractivity contribution < 1.29 is 19.1 Å². The van der Waals surface area contributed by atoms with Crippen molar-refractivity contribution in [3.05, 3.63) is 95.5 Å². The maximum Gasteiger partial charge on any atom is 0.298 e.